The number of hydrogen-bond acceptors (Lipinski definition) is 6. The van der Waals surface area contributed by atoms with Crippen LogP contribution in [-0.2, 0) is 9.53 Å². The summed E-state index contributed by atoms with van der Waals surface area (Å²) in [7, 11) is 0. The van der Waals surface area contributed by atoms with Crippen molar-refractivity contribution in [1.82, 2.24) is 0 Å². The molecule has 0 aliphatic rings. The normalized spacial score (nSPS) is 11.3. The average molecular weight is 358 g/mol. The van der Waals surface area contributed by atoms with Crippen molar-refractivity contribution in [2.75, 3.05) is 18.5 Å². The number of nitrogens with one attached hydrogen (secondary N) is 1. The summed E-state index contributed by atoms with van der Waals surface area (Å²) in [6, 6.07) is 10.4. The first kappa shape index (κ1) is 19.1. The Morgan fingerprint density at radius 1 is 1.35 bits per heavy atom. The molecule has 2 rings (SSSR count). The number of aromatic hydroxyl groups is 1. The molecule has 0 heterocycles. The Balaban J connectivity index is 2.37. The van der Waals surface area contributed by atoms with Gasteiger partial charge in [-0.2, -0.15) is 5.26 Å². The quantitative estimate of drug-likeness (QED) is 0.736. The van der Waals surface area contributed by atoms with Gasteiger partial charge in [0.25, 0.3) is 0 Å². The molecule has 6 nitrogen and oxygen atoms in total. The molecule has 2 N–H and O–H groups in total. The fourth-order valence-electron chi connectivity index (χ4n) is 2.36. The zero-order valence-electron chi connectivity index (χ0n) is 14.5. The van der Waals surface area contributed by atoms with E-state index < -0.39 is 23.6 Å². The van der Waals surface area contributed by atoms with Gasteiger partial charge in [0.15, 0.2) is 11.6 Å². The van der Waals surface area contributed by atoms with Gasteiger partial charge in [-0.25, -0.2) is 4.39 Å². The predicted molar refractivity (Wildman–Crippen MR) is 93.4 cm³/mol. The van der Waals surface area contributed by atoms with Gasteiger partial charge in [0.1, 0.15) is 12.4 Å². The van der Waals surface area contributed by atoms with Crippen LogP contribution in [0.4, 0.5) is 10.1 Å². The fourth-order valence-corrected chi connectivity index (χ4v) is 2.36. The molecule has 1 atom stereocenters. The monoisotopic (exact) mass is 358 g/mol. The molecule has 2 aromatic carbocycles. The van der Waals surface area contributed by atoms with Crippen LogP contribution in [0.25, 0.3) is 0 Å². The zero-order valence-corrected chi connectivity index (χ0v) is 14.5. The second-order valence-electron chi connectivity index (χ2n) is 5.47. The minimum Gasteiger partial charge on any atom is -0.505 e. The van der Waals surface area contributed by atoms with E-state index in [1.807, 2.05) is 6.07 Å². The van der Waals surface area contributed by atoms with E-state index in [9.17, 15) is 14.3 Å². The van der Waals surface area contributed by atoms with Crippen LogP contribution in [0, 0.1) is 17.1 Å². The van der Waals surface area contributed by atoms with Gasteiger partial charge in [-0.3, -0.25) is 4.79 Å². The summed E-state index contributed by atoms with van der Waals surface area (Å²) in [4.78, 5) is 11.2. The van der Waals surface area contributed by atoms with Gasteiger partial charge in [-0.15, -0.1) is 0 Å². The molecule has 0 bridgehead atoms. The number of benzene rings is 2. The third-order valence-corrected chi connectivity index (χ3v) is 3.55. The van der Waals surface area contributed by atoms with E-state index in [1.165, 1.54) is 19.1 Å². The lowest BCUT2D eigenvalue weighted by atomic mass is 10.0. The highest BCUT2D eigenvalue weighted by Crippen LogP contribution is 2.32. The first-order valence-electron chi connectivity index (χ1n) is 7.99. The van der Waals surface area contributed by atoms with Gasteiger partial charge in [0.05, 0.1) is 24.3 Å². The fraction of sp³-hybridized carbons (Fsp3) is 0.263. The van der Waals surface area contributed by atoms with Crippen molar-refractivity contribution in [2.45, 2.75) is 19.9 Å². The second-order valence-corrected chi connectivity index (χ2v) is 5.47. The van der Waals surface area contributed by atoms with Crippen molar-refractivity contribution in [2.24, 2.45) is 0 Å². The van der Waals surface area contributed by atoms with Crippen LogP contribution in [0.1, 0.15) is 31.0 Å². The predicted octanol–water partition coefficient (Wildman–Crippen LogP) is 3.52. The Morgan fingerprint density at radius 2 is 2.04 bits per heavy atom. The first-order chi connectivity index (χ1) is 12.4. The summed E-state index contributed by atoms with van der Waals surface area (Å²) in [5, 5.41) is 21.8. The third-order valence-electron chi connectivity index (χ3n) is 3.55. The number of rotatable bonds is 7. The average Bonchev–Trinajstić information content (AvgIpc) is 2.62. The number of nitrogens with zero attached hydrogens (tertiary/aromatic N) is 1. The molecule has 0 aliphatic carbocycles. The lowest BCUT2D eigenvalue weighted by Crippen LogP contribution is -2.20. The molecule has 0 radical (unpaired) electrons. The number of esters is 1. The van der Waals surface area contributed by atoms with Crippen LogP contribution < -0.4 is 10.1 Å². The number of hydrogen-bond donors (Lipinski definition) is 2. The minimum absolute atomic E-state index is 0.0964. The first-order valence-corrected chi connectivity index (χ1v) is 7.99. The lowest BCUT2D eigenvalue weighted by Gasteiger charge is -2.22. The van der Waals surface area contributed by atoms with Gasteiger partial charge >= 0.3 is 5.97 Å². The van der Waals surface area contributed by atoms with Gasteiger partial charge in [-0.05, 0) is 37.3 Å². The molecule has 26 heavy (non-hydrogen) atoms. The number of carbonyl (C=O) groups is 1. The van der Waals surface area contributed by atoms with Crippen LogP contribution in [0.3, 0.4) is 0 Å². The standard InChI is InChI=1S/C19H19FN2O4/c1-3-25-15-8-16(19(20)18(24)9-15)17(11-26-12(2)23)22-14-6-4-13(10-21)5-7-14/h4-9,17,22,24H,3,11H2,1-2H3. The van der Waals surface area contributed by atoms with E-state index in [1.54, 1.807) is 31.2 Å². The van der Waals surface area contributed by atoms with E-state index in [-0.39, 0.29) is 12.2 Å². The van der Waals surface area contributed by atoms with Crippen LogP contribution in [-0.4, -0.2) is 24.3 Å². The van der Waals surface area contributed by atoms with Gasteiger partial charge in [-0.1, -0.05) is 0 Å². The van der Waals surface area contributed by atoms with E-state index in [0.717, 1.165) is 0 Å². The maximum atomic E-state index is 14.5. The molecule has 0 spiro atoms. The minimum atomic E-state index is -0.827. The Kier molecular flexibility index (Phi) is 6.39. The zero-order chi connectivity index (χ0) is 19.1. The number of halogens is 1. The molecule has 1 unspecified atom stereocenters. The van der Waals surface area contributed by atoms with E-state index in [2.05, 4.69) is 5.32 Å². The number of nitriles is 1. The van der Waals surface area contributed by atoms with Crippen molar-refractivity contribution < 1.29 is 23.8 Å². The van der Waals surface area contributed by atoms with Crippen LogP contribution in [0.2, 0.25) is 0 Å². The molecular formula is C19H19FN2O4. The highest BCUT2D eigenvalue weighted by Gasteiger charge is 2.21. The van der Waals surface area contributed by atoms with E-state index >= 15 is 0 Å². The lowest BCUT2D eigenvalue weighted by molar-refractivity contribution is -0.141. The summed E-state index contributed by atoms with van der Waals surface area (Å²) in [5.41, 5.74) is 1.18. The van der Waals surface area contributed by atoms with Gasteiger partial charge in [0.2, 0.25) is 0 Å². The number of phenolic OH excluding ortho intramolecular Hbond substituents is 1. The number of phenols is 1. The Labute approximate surface area is 150 Å². The third kappa shape index (κ3) is 4.86. The highest BCUT2D eigenvalue weighted by molar-refractivity contribution is 5.66. The van der Waals surface area contributed by atoms with Crippen LogP contribution >= 0.6 is 0 Å². The maximum absolute atomic E-state index is 14.5. The van der Waals surface area contributed by atoms with Crippen molar-refractivity contribution >= 4 is 11.7 Å². The largest absolute Gasteiger partial charge is 0.505 e. The molecule has 0 fully saturated rings. The molecule has 0 saturated carbocycles. The molecule has 136 valence electrons. The Hall–Kier alpha value is -3.27. The second kappa shape index (κ2) is 8.72. The van der Waals surface area contributed by atoms with Crippen molar-refractivity contribution in [3.8, 4) is 17.6 Å². The molecule has 2 aromatic rings. The smallest absolute Gasteiger partial charge is 0.302 e. The number of ether oxygens (including phenoxy) is 2. The summed E-state index contributed by atoms with van der Waals surface area (Å²) >= 11 is 0. The molecular weight excluding hydrogens is 339 g/mol. The maximum Gasteiger partial charge on any atom is 0.302 e. The summed E-state index contributed by atoms with van der Waals surface area (Å²) in [5.74, 6) is -1.59. The molecule has 7 heteroatoms. The topological polar surface area (TPSA) is 91.6 Å². The molecule has 0 aromatic heterocycles. The summed E-state index contributed by atoms with van der Waals surface area (Å²) < 4.78 is 24.9. The van der Waals surface area contributed by atoms with Crippen LogP contribution in [0.15, 0.2) is 36.4 Å². The Bertz CT molecular complexity index is 816. The van der Waals surface area contributed by atoms with Crippen LogP contribution in [0.5, 0.6) is 11.5 Å². The SMILES string of the molecule is CCOc1cc(O)c(F)c(C(COC(C)=O)Nc2ccc(C#N)cc2)c1. The van der Waals surface area contributed by atoms with Gasteiger partial charge in [0, 0.05) is 24.2 Å². The van der Waals surface area contributed by atoms with Crippen molar-refractivity contribution in [3.05, 3.63) is 53.3 Å². The van der Waals surface area contributed by atoms with Crippen molar-refractivity contribution in [1.29, 1.82) is 5.26 Å². The summed E-state index contributed by atoms with van der Waals surface area (Å²) in [6.45, 7) is 3.22. The number of carbonyl (C=O) groups excluding carboxylic acids is 1. The Morgan fingerprint density at radius 3 is 2.62 bits per heavy atom. The van der Waals surface area contributed by atoms with E-state index in [4.69, 9.17) is 14.7 Å². The molecule has 0 amide bonds. The molecule has 0 saturated heterocycles. The number of anilines is 1. The highest BCUT2D eigenvalue weighted by atomic mass is 19.1. The summed E-state index contributed by atoms with van der Waals surface area (Å²) in [6.07, 6.45) is 0. The van der Waals surface area contributed by atoms with E-state index in [0.29, 0.717) is 23.6 Å². The van der Waals surface area contributed by atoms with Gasteiger partial charge < -0.3 is 19.9 Å². The van der Waals surface area contributed by atoms with Crippen molar-refractivity contribution in [3.63, 3.8) is 0 Å². The molecule has 0 aliphatic heterocycles.